The van der Waals surface area contributed by atoms with Crippen LogP contribution in [0.5, 0.6) is 5.75 Å². The minimum atomic E-state index is -0.604. The van der Waals surface area contributed by atoms with Crippen molar-refractivity contribution in [1.82, 2.24) is 10.9 Å². The normalized spacial score (nSPS) is 10.9. The first-order chi connectivity index (χ1) is 17.7. The lowest BCUT2D eigenvalue weighted by Crippen LogP contribution is -2.18. The van der Waals surface area contributed by atoms with Crippen molar-refractivity contribution < 1.29 is 24.5 Å². The zero-order valence-corrected chi connectivity index (χ0v) is 19.3. The summed E-state index contributed by atoms with van der Waals surface area (Å²) < 4.78 is 0. The number of hydrogen-bond donors (Lipinski definition) is 3. The highest BCUT2D eigenvalue weighted by Gasteiger charge is 2.11. The molecule has 13 heteroatoms. The summed E-state index contributed by atoms with van der Waals surface area (Å²) in [6, 6.07) is 13.3. The zero-order valence-electron chi connectivity index (χ0n) is 19.3. The first kappa shape index (κ1) is 26.2. The van der Waals surface area contributed by atoms with Gasteiger partial charge in [-0.25, -0.2) is 10.9 Å². The van der Waals surface area contributed by atoms with Crippen LogP contribution in [0.4, 0.5) is 11.4 Å². The molecule has 3 N–H and O–H groups in total. The van der Waals surface area contributed by atoms with Crippen LogP contribution in [0.3, 0.4) is 0 Å². The number of nitro benzene ring substituents is 2. The van der Waals surface area contributed by atoms with Crippen LogP contribution in [0.15, 0.2) is 70.9 Å². The second kappa shape index (κ2) is 11.8. The van der Waals surface area contributed by atoms with Gasteiger partial charge in [0.15, 0.2) is 0 Å². The highest BCUT2D eigenvalue weighted by molar-refractivity contribution is 5.97. The average molecular weight is 504 g/mol. The van der Waals surface area contributed by atoms with Gasteiger partial charge < -0.3 is 5.11 Å². The number of hydrogen-bond acceptors (Lipinski definition) is 9. The molecule has 0 saturated heterocycles. The Balaban J connectivity index is 1.70. The van der Waals surface area contributed by atoms with Crippen molar-refractivity contribution in [2.24, 2.45) is 10.2 Å². The minimum absolute atomic E-state index is 0.153. The summed E-state index contributed by atoms with van der Waals surface area (Å²) >= 11 is 0. The Morgan fingerprint density at radius 2 is 1.19 bits per heavy atom. The number of amides is 2. The molecule has 0 fully saturated rings. The van der Waals surface area contributed by atoms with Crippen LogP contribution in [0, 0.1) is 20.2 Å². The molecule has 13 nitrogen and oxygen atoms in total. The number of phenolic OH excluding ortho intramolecular Hbond substituents is 1. The van der Waals surface area contributed by atoms with Crippen molar-refractivity contribution in [2.75, 3.05) is 0 Å². The van der Waals surface area contributed by atoms with Gasteiger partial charge in [-0.2, -0.15) is 10.2 Å². The molecule has 0 aromatic heterocycles. The second-order valence-corrected chi connectivity index (χ2v) is 7.48. The largest absolute Gasteiger partial charge is 0.507 e. The zero-order chi connectivity index (χ0) is 26.9. The Hall–Kier alpha value is -5.46. The van der Waals surface area contributed by atoms with E-state index in [-0.39, 0.29) is 39.4 Å². The third-order valence-corrected chi connectivity index (χ3v) is 5.06. The van der Waals surface area contributed by atoms with Crippen LogP contribution in [0.1, 0.15) is 44.3 Å². The molecule has 2 amide bonds. The predicted molar refractivity (Wildman–Crippen MR) is 134 cm³/mol. The number of benzene rings is 3. The van der Waals surface area contributed by atoms with Gasteiger partial charge in [0.1, 0.15) is 5.75 Å². The van der Waals surface area contributed by atoms with E-state index in [1.807, 2.05) is 6.92 Å². The fourth-order valence-electron chi connectivity index (χ4n) is 3.06. The van der Waals surface area contributed by atoms with Crippen LogP contribution in [-0.4, -0.2) is 39.2 Å². The smallest absolute Gasteiger partial charge is 0.271 e. The molecular formula is C24H20N6O7. The van der Waals surface area contributed by atoms with Crippen molar-refractivity contribution in [3.63, 3.8) is 0 Å². The van der Waals surface area contributed by atoms with Crippen molar-refractivity contribution in [2.45, 2.75) is 13.3 Å². The lowest BCUT2D eigenvalue weighted by Gasteiger charge is -2.07. The summed E-state index contributed by atoms with van der Waals surface area (Å²) in [6.45, 7) is 1.89. The number of carbonyl (C=O) groups excluding carboxylic acids is 2. The molecule has 0 spiro atoms. The molecule has 0 bridgehead atoms. The molecule has 3 aromatic rings. The summed E-state index contributed by atoms with van der Waals surface area (Å²) in [7, 11) is 0. The third-order valence-electron chi connectivity index (χ3n) is 5.06. The number of nitrogens with zero attached hydrogens (tertiary/aromatic N) is 4. The van der Waals surface area contributed by atoms with E-state index in [1.165, 1.54) is 61.0 Å². The maximum atomic E-state index is 12.2. The van der Waals surface area contributed by atoms with Gasteiger partial charge in [-0.1, -0.05) is 6.92 Å². The number of aryl methyl sites for hydroxylation is 1. The number of non-ortho nitro benzene ring substituents is 2. The first-order valence-corrected chi connectivity index (χ1v) is 10.7. The number of aromatic hydroxyl groups is 1. The maximum Gasteiger partial charge on any atom is 0.271 e. The minimum Gasteiger partial charge on any atom is -0.507 e. The molecule has 0 aliphatic heterocycles. The van der Waals surface area contributed by atoms with Crippen LogP contribution in [0.2, 0.25) is 0 Å². The van der Waals surface area contributed by atoms with Crippen molar-refractivity contribution in [1.29, 1.82) is 0 Å². The molecule has 3 aromatic carbocycles. The van der Waals surface area contributed by atoms with E-state index in [9.17, 15) is 34.9 Å². The molecule has 0 radical (unpaired) electrons. The molecule has 0 aliphatic rings. The molecule has 188 valence electrons. The Bertz CT molecular complexity index is 1300. The summed E-state index contributed by atoms with van der Waals surface area (Å²) in [5.74, 6) is -1.42. The highest BCUT2D eigenvalue weighted by Crippen LogP contribution is 2.22. The van der Waals surface area contributed by atoms with Gasteiger partial charge in [-0.3, -0.25) is 29.8 Å². The molecule has 0 atom stereocenters. The van der Waals surface area contributed by atoms with Crippen molar-refractivity contribution in [3.05, 3.63) is 109 Å². The number of carbonyl (C=O) groups is 2. The molecule has 0 aliphatic carbocycles. The van der Waals surface area contributed by atoms with Crippen LogP contribution in [-0.2, 0) is 6.42 Å². The van der Waals surface area contributed by atoms with E-state index in [0.29, 0.717) is 6.42 Å². The SMILES string of the molecule is CCc1cc(/C=N/NC(=O)c2ccc([N+](=O)[O-])cc2)c(O)c(/C=N/NC(=O)c2ccc([N+](=O)[O-])cc2)c1. The second-order valence-electron chi connectivity index (χ2n) is 7.48. The van der Waals surface area contributed by atoms with Gasteiger partial charge in [-0.15, -0.1) is 0 Å². The highest BCUT2D eigenvalue weighted by atomic mass is 16.6. The molecule has 0 saturated carbocycles. The summed E-state index contributed by atoms with van der Waals surface area (Å²) in [5, 5.41) is 39.7. The lowest BCUT2D eigenvalue weighted by atomic mass is 10.0. The van der Waals surface area contributed by atoms with Gasteiger partial charge in [-0.05, 0) is 48.4 Å². The van der Waals surface area contributed by atoms with Crippen molar-refractivity contribution in [3.8, 4) is 5.75 Å². The monoisotopic (exact) mass is 504 g/mol. The number of nitrogens with one attached hydrogen (secondary N) is 2. The van der Waals surface area contributed by atoms with Gasteiger partial charge in [0.05, 0.1) is 22.3 Å². The van der Waals surface area contributed by atoms with Crippen molar-refractivity contribution >= 4 is 35.6 Å². The Morgan fingerprint density at radius 3 is 1.51 bits per heavy atom. The van der Waals surface area contributed by atoms with E-state index >= 15 is 0 Å². The van der Waals surface area contributed by atoms with E-state index in [0.717, 1.165) is 5.56 Å². The number of nitro groups is 2. The number of rotatable bonds is 9. The van der Waals surface area contributed by atoms with Crippen LogP contribution in [0.25, 0.3) is 0 Å². The number of hydrazone groups is 2. The van der Waals surface area contributed by atoms with Gasteiger partial charge in [0.2, 0.25) is 0 Å². The molecule has 37 heavy (non-hydrogen) atoms. The molecule has 3 rings (SSSR count). The summed E-state index contributed by atoms with van der Waals surface area (Å²) in [5.41, 5.74) is 5.93. The summed E-state index contributed by atoms with van der Waals surface area (Å²) in [4.78, 5) is 44.7. The Kier molecular flexibility index (Phi) is 8.33. The topological polar surface area (TPSA) is 189 Å². The summed E-state index contributed by atoms with van der Waals surface area (Å²) in [6.07, 6.45) is 3.06. The molecular weight excluding hydrogens is 484 g/mol. The standard InChI is InChI=1S/C24H20N6O7/c1-2-15-11-18(13-25-27-23(32)16-3-7-20(8-4-16)29(34)35)22(31)19(12-15)14-26-28-24(33)17-5-9-21(10-6-17)30(36)37/h3-14,31H,2H2,1H3,(H,27,32)(H,28,33)/b25-13+,26-14+. The maximum absolute atomic E-state index is 12.2. The van der Waals surface area contributed by atoms with Gasteiger partial charge in [0, 0.05) is 46.5 Å². The van der Waals surface area contributed by atoms with Gasteiger partial charge in [0.25, 0.3) is 23.2 Å². The fraction of sp³-hybridized carbons (Fsp3) is 0.0833. The first-order valence-electron chi connectivity index (χ1n) is 10.7. The van der Waals surface area contributed by atoms with E-state index in [2.05, 4.69) is 21.1 Å². The van der Waals surface area contributed by atoms with Gasteiger partial charge >= 0.3 is 0 Å². The Morgan fingerprint density at radius 1 is 0.811 bits per heavy atom. The molecule has 0 heterocycles. The lowest BCUT2D eigenvalue weighted by molar-refractivity contribution is -0.385. The third kappa shape index (κ3) is 6.79. The fourth-order valence-corrected chi connectivity index (χ4v) is 3.06. The van der Waals surface area contributed by atoms with Crippen LogP contribution < -0.4 is 10.9 Å². The number of phenols is 1. The van der Waals surface area contributed by atoms with Crippen LogP contribution >= 0.6 is 0 Å². The Labute approximate surface area is 209 Å². The quantitative estimate of drug-likeness (QED) is 0.226. The van der Waals surface area contributed by atoms with E-state index < -0.39 is 21.7 Å². The average Bonchev–Trinajstić information content (AvgIpc) is 2.90. The predicted octanol–water partition coefficient (Wildman–Crippen LogP) is 3.30. The van der Waals surface area contributed by atoms with E-state index in [1.54, 1.807) is 12.1 Å². The molecule has 0 unspecified atom stereocenters. The van der Waals surface area contributed by atoms with E-state index in [4.69, 9.17) is 0 Å².